The smallest absolute Gasteiger partial charge is 0.344 e. The highest BCUT2D eigenvalue weighted by Crippen LogP contribution is 2.61. The lowest BCUT2D eigenvalue weighted by Crippen LogP contribution is -2.26. The Bertz CT molecular complexity index is 838. The van der Waals surface area contributed by atoms with E-state index in [-0.39, 0.29) is 11.9 Å². The van der Waals surface area contributed by atoms with E-state index in [0.717, 1.165) is 47.5 Å². The van der Waals surface area contributed by atoms with Crippen LogP contribution in [0.15, 0.2) is 48.5 Å². The summed E-state index contributed by atoms with van der Waals surface area (Å²) in [6.07, 6.45) is 7.51. The Morgan fingerprint density at radius 2 is 1.50 bits per heavy atom. The summed E-state index contributed by atoms with van der Waals surface area (Å²) in [7, 11) is -1.72. The molecule has 0 radical (unpaired) electrons. The molecule has 2 aromatic carbocycles. The Labute approximate surface area is 180 Å². The van der Waals surface area contributed by atoms with Gasteiger partial charge >= 0.3 is 5.97 Å². The molecular formula is C25H33NO3P+. The highest BCUT2D eigenvalue weighted by atomic mass is 31.2. The van der Waals surface area contributed by atoms with Crippen molar-refractivity contribution in [2.75, 3.05) is 30.0 Å². The number of rotatable bonds is 7. The molecule has 4 nitrogen and oxygen atoms in total. The van der Waals surface area contributed by atoms with Crippen molar-refractivity contribution in [1.82, 2.24) is 0 Å². The van der Waals surface area contributed by atoms with E-state index < -0.39 is 7.26 Å². The summed E-state index contributed by atoms with van der Waals surface area (Å²) in [6, 6.07) is 15.8. The molecule has 0 aliphatic carbocycles. The van der Waals surface area contributed by atoms with Crippen LogP contribution in [0, 0.1) is 13.8 Å². The zero-order valence-electron chi connectivity index (χ0n) is 18.2. The Morgan fingerprint density at radius 1 is 0.867 bits per heavy atom. The Kier molecular flexibility index (Phi) is 8.04. The highest BCUT2D eigenvalue weighted by Gasteiger charge is 2.43. The van der Waals surface area contributed by atoms with Gasteiger partial charge in [0.1, 0.15) is 12.8 Å². The Morgan fingerprint density at radius 3 is 2.13 bits per heavy atom. The summed E-state index contributed by atoms with van der Waals surface area (Å²) in [4.78, 5) is 25.8. The van der Waals surface area contributed by atoms with Gasteiger partial charge in [0.2, 0.25) is 0 Å². The van der Waals surface area contributed by atoms with Crippen LogP contribution in [0.5, 0.6) is 0 Å². The molecule has 2 aromatic rings. The average Bonchev–Trinajstić information content (AvgIpc) is 2.95. The molecular weight excluding hydrogens is 393 g/mol. The molecule has 1 heterocycles. The first-order chi connectivity index (χ1) is 14.5. The van der Waals surface area contributed by atoms with E-state index in [2.05, 4.69) is 5.32 Å². The van der Waals surface area contributed by atoms with Gasteiger partial charge in [-0.05, 0) is 56.2 Å². The molecule has 1 aliphatic rings. The molecule has 5 heteroatoms. The van der Waals surface area contributed by atoms with Gasteiger partial charge in [0.25, 0.3) is 5.91 Å². The van der Waals surface area contributed by atoms with Crippen molar-refractivity contribution in [1.29, 1.82) is 0 Å². The average molecular weight is 427 g/mol. The summed E-state index contributed by atoms with van der Waals surface area (Å²) in [5, 5.41) is 3.14. The van der Waals surface area contributed by atoms with E-state index in [1.165, 1.54) is 12.8 Å². The van der Waals surface area contributed by atoms with E-state index >= 15 is 0 Å². The van der Waals surface area contributed by atoms with Crippen LogP contribution in [0.3, 0.4) is 0 Å². The number of anilines is 1. The minimum atomic E-state index is -1.72. The molecule has 0 unspecified atom stereocenters. The molecule has 1 N–H and O–H groups in total. The summed E-state index contributed by atoms with van der Waals surface area (Å²) in [6.45, 7) is 4.33. The lowest BCUT2D eigenvalue weighted by atomic mass is 10.1. The normalized spacial score (nSPS) is 15.8. The maximum Gasteiger partial charge on any atom is 0.344 e. The second kappa shape index (κ2) is 10.7. The molecule has 0 spiro atoms. The van der Waals surface area contributed by atoms with Gasteiger partial charge in [-0.1, -0.05) is 48.5 Å². The number of esters is 1. The van der Waals surface area contributed by atoms with Crippen LogP contribution >= 0.6 is 7.26 Å². The van der Waals surface area contributed by atoms with Crippen LogP contribution in [-0.4, -0.2) is 36.5 Å². The summed E-state index contributed by atoms with van der Waals surface area (Å²) in [5.74, 6) is -0.118. The van der Waals surface area contributed by atoms with Crippen molar-refractivity contribution in [3.8, 4) is 0 Å². The molecule has 30 heavy (non-hydrogen) atoms. The van der Waals surface area contributed by atoms with Crippen molar-refractivity contribution in [2.24, 2.45) is 0 Å². The fraction of sp³-hybridized carbons (Fsp3) is 0.440. The van der Waals surface area contributed by atoms with E-state index in [1.807, 2.05) is 62.4 Å². The first kappa shape index (κ1) is 22.5. The molecule has 3 rings (SSSR count). The van der Waals surface area contributed by atoms with Crippen molar-refractivity contribution < 1.29 is 14.3 Å². The second-order valence-corrected chi connectivity index (χ2v) is 12.7. The van der Waals surface area contributed by atoms with Gasteiger partial charge in [0.15, 0.2) is 6.16 Å². The number of hydrogen-bond donors (Lipinski definition) is 1. The number of carbonyl (C=O) groups is 2. The number of benzene rings is 2. The van der Waals surface area contributed by atoms with Crippen LogP contribution < -0.4 is 5.32 Å². The van der Waals surface area contributed by atoms with Gasteiger partial charge in [-0.2, -0.15) is 0 Å². The number of hydrogen-bond acceptors (Lipinski definition) is 3. The fourth-order valence-corrected chi connectivity index (χ4v) is 8.37. The molecule has 0 aromatic heterocycles. The van der Waals surface area contributed by atoms with Gasteiger partial charge in [0, 0.05) is 12.9 Å². The molecule has 1 aliphatic heterocycles. The summed E-state index contributed by atoms with van der Waals surface area (Å²) in [5.41, 5.74) is 4.03. The van der Waals surface area contributed by atoms with Gasteiger partial charge in [-0.25, -0.2) is 4.79 Å². The van der Waals surface area contributed by atoms with Gasteiger partial charge in [-0.3, -0.25) is 4.79 Å². The maximum atomic E-state index is 13.0. The zero-order chi connectivity index (χ0) is 21.4. The quantitative estimate of drug-likeness (QED) is 0.465. The summed E-state index contributed by atoms with van der Waals surface area (Å²) < 4.78 is 5.59. The van der Waals surface area contributed by atoms with Crippen molar-refractivity contribution in [3.63, 3.8) is 0 Å². The number of amides is 1. The zero-order valence-corrected chi connectivity index (χ0v) is 19.0. The van der Waals surface area contributed by atoms with Crippen LogP contribution in [0.1, 0.15) is 42.4 Å². The van der Waals surface area contributed by atoms with E-state index in [9.17, 15) is 9.59 Å². The van der Waals surface area contributed by atoms with Crippen LogP contribution in [0.25, 0.3) is 0 Å². The first-order valence-corrected chi connectivity index (χ1v) is 13.4. The van der Waals surface area contributed by atoms with Crippen LogP contribution in [0.4, 0.5) is 5.69 Å². The standard InChI is InChI=1S/C25H32NO3P/c1-20-11-10-12-21(2)25(20)26-23(27)18-30(15-8-3-4-9-16-30)19-24(28)29-17-22-13-6-5-7-14-22/h5-7,10-14H,3-4,8-9,15-19H2,1-2H3/p+1. The number of carbonyl (C=O) groups excluding carboxylic acids is 2. The van der Waals surface area contributed by atoms with Crippen molar-refractivity contribution in [2.45, 2.75) is 46.1 Å². The predicted molar refractivity (Wildman–Crippen MR) is 126 cm³/mol. The van der Waals surface area contributed by atoms with Crippen LogP contribution in [-0.2, 0) is 20.9 Å². The minimum Gasteiger partial charge on any atom is -0.458 e. The third-order valence-electron chi connectivity index (χ3n) is 5.95. The lowest BCUT2D eigenvalue weighted by molar-refractivity contribution is -0.141. The number of para-hydroxylation sites is 1. The molecule has 1 saturated heterocycles. The maximum absolute atomic E-state index is 13.0. The van der Waals surface area contributed by atoms with Gasteiger partial charge in [-0.15, -0.1) is 0 Å². The molecule has 0 bridgehead atoms. The third-order valence-corrected chi connectivity index (χ3v) is 10.4. The Hall–Kier alpha value is -2.19. The van der Waals surface area contributed by atoms with Crippen molar-refractivity contribution in [3.05, 3.63) is 65.2 Å². The summed E-state index contributed by atoms with van der Waals surface area (Å²) >= 11 is 0. The number of ether oxygens (including phenoxy) is 1. The van der Waals surface area contributed by atoms with Crippen molar-refractivity contribution >= 4 is 24.8 Å². The first-order valence-electron chi connectivity index (χ1n) is 10.9. The number of aryl methyl sites for hydroxylation is 2. The second-order valence-electron chi connectivity index (χ2n) is 8.48. The topological polar surface area (TPSA) is 55.4 Å². The highest BCUT2D eigenvalue weighted by molar-refractivity contribution is 7.77. The van der Waals surface area contributed by atoms with Crippen LogP contribution in [0.2, 0.25) is 0 Å². The van der Waals surface area contributed by atoms with Gasteiger partial charge in [0.05, 0.1) is 12.3 Å². The molecule has 1 amide bonds. The molecule has 0 atom stereocenters. The fourth-order valence-electron chi connectivity index (χ4n) is 4.28. The molecule has 0 saturated carbocycles. The SMILES string of the molecule is Cc1cccc(C)c1NC(=O)C[P+]1(CC(=O)OCc2ccccc2)CCCCCC1. The molecule has 1 fully saturated rings. The largest absolute Gasteiger partial charge is 0.458 e. The Balaban J connectivity index is 1.66. The third kappa shape index (κ3) is 6.40. The van der Waals surface area contributed by atoms with E-state index in [1.54, 1.807) is 0 Å². The predicted octanol–water partition coefficient (Wildman–Crippen LogP) is 5.58. The lowest BCUT2D eigenvalue weighted by Gasteiger charge is -2.25. The van der Waals surface area contributed by atoms with E-state index in [0.29, 0.717) is 18.9 Å². The van der Waals surface area contributed by atoms with Gasteiger partial charge < -0.3 is 10.1 Å². The monoisotopic (exact) mass is 426 g/mol. The number of nitrogens with one attached hydrogen (secondary N) is 1. The molecule has 160 valence electrons. The van der Waals surface area contributed by atoms with E-state index in [4.69, 9.17) is 4.74 Å². The minimum absolute atomic E-state index is 0.0403.